The van der Waals surface area contributed by atoms with Crippen LogP contribution in [0.1, 0.15) is 73.6 Å². The monoisotopic (exact) mass is 338 g/mol. The van der Waals surface area contributed by atoms with Crippen LogP contribution in [0.5, 0.6) is 0 Å². The minimum Gasteiger partial charge on any atom is -0.378 e. The highest BCUT2D eigenvalue weighted by Gasteiger charge is 2.62. The zero-order valence-corrected chi connectivity index (χ0v) is 16.6. The largest absolute Gasteiger partial charge is 0.378 e. The molecule has 2 aliphatic carbocycles. The molecule has 0 aromatic rings. The Morgan fingerprint density at radius 3 is 2.25 bits per heavy atom. The summed E-state index contributed by atoms with van der Waals surface area (Å²) in [5.74, 6) is 1.41. The number of carbonyl (C=O) groups is 1. The third-order valence-electron chi connectivity index (χ3n) is 6.86. The van der Waals surface area contributed by atoms with Gasteiger partial charge < -0.3 is 15.8 Å². The van der Waals surface area contributed by atoms with Gasteiger partial charge in [0.25, 0.3) is 0 Å². The summed E-state index contributed by atoms with van der Waals surface area (Å²) in [5.41, 5.74) is 5.75. The summed E-state index contributed by atoms with van der Waals surface area (Å²) in [5, 5.41) is 3.15. The summed E-state index contributed by atoms with van der Waals surface area (Å²) in [4.78, 5) is 12.7. The van der Waals surface area contributed by atoms with Crippen molar-refractivity contribution in [3.63, 3.8) is 0 Å². The molecule has 2 unspecified atom stereocenters. The van der Waals surface area contributed by atoms with E-state index < -0.39 is 5.54 Å². The van der Waals surface area contributed by atoms with Gasteiger partial charge in [0.05, 0.1) is 6.10 Å². The smallest absolute Gasteiger partial charge is 0.240 e. The normalized spacial score (nSPS) is 36.0. The Labute approximate surface area is 148 Å². The quantitative estimate of drug-likeness (QED) is 0.806. The lowest BCUT2D eigenvalue weighted by Crippen LogP contribution is -2.75. The van der Waals surface area contributed by atoms with E-state index in [1.807, 2.05) is 20.8 Å². The van der Waals surface area contributed by atoms with E-state index in [2.05, 4.69) is 26.1 Å². The lowest BCUT2D eigenvalue weighted by atomic mass is 9.54. The van der Waals surface area contributed by atoms with Crippen LogP contribution in [0.4, 0.5) is 0 Å². The van der Waals surface area contributed by atoms with Crippen molar-refractivity contribution in [2.24, 2.45) is 28.4 Å². The van der Waals surface area contributed by atoms with Crippen molar-refractivity contribution < 1.29 is 9.53 Å². The first kappa shape index (κ1) is 19.7. The van der Waals surface area contributed by atoms with Gasteiger partial charge in [-0.2, -0.15) is 0 Å². The van der Waals surface area contributed by atoms with Crippen LogP contribution in [0.15, 0.2) is 0 Å². The first-order valence-corrected chi connectivity index (χ1v) is 9.71. The summed E-state index contributed by atoms with van der Waals surface area (Å²) < 4.78 is 5.72. The fourth-order valence-electron chi connectivity index (χ4n) is 4.45. The van der Waals surface area contributed by atoms with Crippen LogP contribution in [0.2, 0.25) is 0 Å². The van der Waals surface area contributed by atoms with Gasteiger partial charge in [0.15, 0.2) is 0 Å². The molecule has 4 nitrogen and oxygen atoms in total. The topological polar surface area (TPSA) is 64.3 Å². The molecule has 2 fully saturated rings. The van der Waals surface area contributed by atoms with Gasteiger partial charge in [-0.05, 0) is 49.9 Å². The summed E-state index contributed by atoms with van der Waals surface area (Å²) in [6.07, 6.45) is 5.68. The van der Waals surface area contributed by atoms with Crippen molar-refractivity contribution in [2.75, 3.05) is 13.2 Å². The van der Waals surface area contributed by atoms with E-state index in [0.29, 0.717) is 24.4 Å². The highest BCUT2D eigenvalue weighted by molar-refractivity contribution is 5.88. The van der Waals surface area contributed by atoms with Crippen LogP contribution in [0, 0.1) is 22.7 Å². The molecule has 0 bridgehead atoms. The maximum absolute atomic E-state index is 12.7. The zero-order valence-electron chi connectivity index (χ0n) is 16.6. The lowest BCUT2D eigenvalue weighted by molar-refractivity contribution is -0.170. The first-order chi connectivity index (χ1) is 11.0. The zero-order chi connectivity index (χ0) is 18.2. The van der Waals surface area contributed by atoms with Crippen molar-refractivity contribution >= 4 is 5.91 Å². The van der Waals surface area contributed by atoms with Crippen LogP contribution < -0.4 is 11.1 Å². The second kappa shape index (κ2) is 6.95. The average molecular weight is 339 g/mol. The van der Waals surface area contributed by atoms with Gasteiger partial charge in [0.2, 0.25) is 5.91 Å². The molecule has 2 saturated carbocycles. The molecule has 4 heteroatoms. The molecule has 2 atom stereocenters. The Morgan fingerprint density at radius 1 is 1.21 bits per heavy atom. The maximum Gasteiger partial charge on any atom is 0.240 e. The summed E-state index contributed by atoms with van der Waals surface area (Å²) in [6, 6.07) is 0. The van der Waals surface area contributed by atoms with Gasteiger partial charge >= 0.3 is 0 Å². The van der Waals surface area contributed by atoms with Gasteiger partial charge in [0, 0.05) is 25.0 Å². The minimum absolute atomic E-state index is 0.00129. The van der Waals surface area contributed by atoms with E-state index in [9.17, 15) is 4.79 Å². The molecule has 140 valence electrons. The van der Waals surface area contributed by atoms with E-state index in [-0.39, 0.29) is 17.4 Å². The van der Waals surface area contributed by atoms with Crippen LogP contribution in [0.3, 0.4) is 0 Å². The predicted molar refractivity (Wildman–Crippen MR) is 98.6 cm³/mol. The molecule has 3 N–H and O–H groups in total. The predicted octanol–water partition coefficient (Wildman–Crippen LogP) is 3.49. The number of hydrogen-bond donors (Lipinski definition) is 2. The number of hydrogen-bond acceptors (Lipinski definition) is 3. The number of nitrogens with two attached hydrogens (primary N) is 1. The number of carbonyl (C=O) groups excluding carboxylic acids is 1. The van der Waals surface area contributed by atoms with Crippen molar-refractivity contribution in [3.05, 3.63) is 0 Å². The molecule has 2 rings (SSSR count). The maximum atomic E-state index is 12.7. The third-order valence-corrected chi connectivity index (χ3v) is 6.86. The lowest BCUT2D eigenvalue weighted by Gasteiger charge is -2.57. The van der Waals surface area contributed by atoms with Crippen molar-refractivity contribution in [3.8, 4) is 0 Å². The van der Waals surface area contributed by atoms with Gasteiger partial charge in [-0.1, -0.05) is 34.6 Å². The van der Waals surface area contributed by atoms with Crippen LogP contribution in [0.25, 0.3) is 0 Å². The molecule has 0 aromatic heterocycles. The van der Waals surface area contributed by atoms with E-state index >= 15 is 0 Å². The molecule has 1 amide bonds. The average Bonchev–Trinajstić information content (AvgIpc) is 2.51. The molecule has 0 aromatic carbocycles. The standard InChI is InChI=1S/C20H38N2O2/c1-7-24-16-12-20(21,19(16,5)6)17(23)22-13-14-8-10-15(11-9-14)18(2,3)4/h14-16H,7-13,21H2,1-6H3,(H,22,23). The fourth-order valence-corrected chi connectivity index (χ4v) is 4.45. The van der Waals surface area contributed by atoms with Gasteiger partial charge in [-0.3, -0.25) is 4.79 Å². The second-order valence-electron chi connectivity index (χ2n) is 9.63. The van der Waals surface area contributed by atoms with E-state index in [0.717, 1.165) is 12.5 Å². The van der Waals surface area contributed by atoms with E-state index in [1.165, 1.54) is 25.7 Å². The Morgan fingerprint density at radius 2 is 1.79 bits per heavy atom. The summed E-state index contributed by atoms with van der Waals surface area (Å²) in [6.45, 7) is 14.5. The molecule has 0 saturated heterocycles. The van der Waals surface area contributed by atoms with Gasteiger partial charge in [-0.15, -0.1) is 0 Å². The van der Waals surface area contributed by atoms with Gasteiger partial charge in [0.1, 0.15) is 5.54 Å². The fraction of sp³-hybridized carbons (Fsp3) is 0.950. The van der Waals surface area contributed by atoms with Gasteiger partial charge in [-0.25, -0.2) is 0 Å². The van der Waals surface area contributed by atoms with Crippen molar-refractivity contribution in [1.82, 2.24) is 5.32 Å². The molecular formula is C20H38N2O2. The molecule has 0 spiro atoms. The molecule has 0 aliphatic heterocycles. The number of amides is 1. The summed E-state index contributed by atoms with van der Waals surface area (Å²) >= 11 is 0. The summed E-state index contributed by atoms with van der Waals surface area (Å²) in [7, 11) is 0. The third kappa shape index (κ3) is 3.65. The Balaban J connectivity index is 1.80. The van der Waals surface area contributed by atoms with Crippen molar-refractivity contribution in [1.29, 1.82) is 0 Å². The molecule has 0 radical (unpaired) electrons. The van der Waals surface area contributed by atoms with Crippen LogP contribution in [-0.2, 0) is 9.53 Å². The highest BCUT2D eigenvalue weighted by Crippen LogP contribution is 2.50. The van der Waals surface area contributed by atoms with Crippen LogP contribution in [-0.4, -0.2) is 30.7 Å². The SMILES string of the molecule is CCOC1CC(N)(C(=O)NCC2CCC(C(C)(C)C)CC2)C1(C)C. The highest BCUT2D eigenvalue weighted by atomic mass is 16.5. The number of rotatable bonds is 5. The Hall–Kier alpha value is -0.610. The molecule has 24 heavy (non-hydrogen) atoms. The van der Waals surface area contributed by atoms with E-state index in [4.69, 9.17) is 10.5 Å². The second-order valence-corrected chi connectivity index (χ2v) is 9.63. The molecule has 0 heterocycles. The Kier molecular flexibility index (Phi) is 5.71. The molecular weight excluding hydrogens is 300 g/mol. The first-order valence-electron chi connectivity index (χ1n) is 9.71. The minimum atomic E-state index is -0.796. The van der Waals surface area contributed by atoms with Crippen LogP contribution >= 0.6 is 0 Å². The molecule has 2 aliphatic rings. The van der Waals surface area contributed by atoms with Crippen molar-refractivity contribution in [2.45, 2.75) is 85.3 Å². The number of nitrogens with one attached hydrogen (secondary N) is 1. The Bertz CT molecular complexity index is 447. The van der Waals surface area contributed by atoms with E-state index in [1.54, 1.807) is 0 Å². The number of ether oxygens (including phenoxy) is 1.